The first-order valence-electron chi connectivity index (χ1n) is 7.95. The van der Waals surface area contributed by atoms with Crippen LogP contribution in [-0.2, 0) is 4.74 Å². The minimum atomic E-state index is -0.251. The molecule has 0 aromatic carbocycles. The number of ether oxygens (including phenoxy) is 1. The zero-order chi connectivity index (χ0) is 15.7. The van der Waals surface area contributed by atoms with Crippen LogP contribution in [0.1, 0.15) is 50.0 Å². The van der Waals surface area contributed by atoms with E-state index in [9.17, 15) is 4.79 Å². The van der Waals surface area contributed by atoms with Crippen molar-refractivity contribution < 1.29 is 9.53 Å². The lowest BCUT2D eigenvalue weighted by atomic mass is 9.95. The Bertz CT molecular complexity index is 573. The van der Waals surface area contributed by atoms with Gasteiger partial charge in [-0.2, -0.15) is 0 Å². The molecule has 1 aromatic heterocycles. The van der Waals surface area contributed by atoms with E-state index in [0.29, 0.717) is 12.5 Å². The van der Waals surface area contributed by atoms with Gasteiger partial charge in [-0.1, -0.05) is 0 Å². The van der Waals surface area contributed by atoms with E-state index in [2.05, 4.69) is 22.2 Å². The van der Waals surface area contributed by atoms with Gasteiger partial charge in [0.2, 0.25) is 0 Å². The first kappa shape index (κ1) is 15.2. The van der Waals surface area contributed by atoms with Crippen LogP contribution in [0.25, 0.3) is 0 Å². The van der Waals surface area contributed by atoms with Crippen LogP contribution in [0, 0.1) is 6.92 Å². The van der Waals surface area contributed by atoms with E-state index in [1.807, 2.05) is 11.8 Å². The quantitative estimate of drug-likeness (QED) is 0.932. The largest absolute Gasteiger partial charge is 0.377 e. The van der Waals surface area contributed by atoms with E-state index >= 15 is 0 Å². The number of carbonyl (C=O) groups excluding carboxylic acids is 1. The fourth-order valence-corrected chi connectivity index (χ4v) is 2.99. The van der Waals surface area contributed by atoms with Crippen LogP contribution in [0.15, 0.2) is 6.20 Å². The van der Waals surface area contributed by atoms with Crippen molar-refractivity contribution in [3.8, 4) is 0 Å². The van der Waals surface area contributed by atoms with Gasteiger partial charge in [0.05, 0.1) is 29.7 Å². The molecule has 0 bridgehead atoms. The van der Waals surface area contributed by atoms with Crippen molar-refractivity contribution in [2.45, 2.75) is 51.0 Å². The molecule has 1 saturated carbocycles. The van der Waals surface area contributed by atoms with Gasteiger partial charge in [0.1, 0.15) is 5.82 Å². The van der Waals surface area contributed by atoms with Crippen molar-refractivity contribution in [2.75, 3.05) is 25.5 Å². The minimum absolute atomic E-state index is 0.0858. The average molecular weight is 304 g/mol. The number of anilines is 1. The molecule has 1 aliphatic heterocycles. The van der Waals surface area contributed by atoms with Crippen LogP contribution in [0.5, 0.6) is 0 Å². The van der Waals surface area contributed by atoms with Crippen molar-refractivity contribution in [3.05, 3.63) is 17.7 Å². The van der Waals surface area contributed by atoms with Crippen molar-refractivity contribution in [1.29, 1.82) is 0 Å². The molecule has 22 heavy (non-hydrogen) atoms. The lowest BCUT2D eigenvalue weighted by Gasteiger charge is -2.39. The summed E-state index contributed by atoms with van der Waals surface area (Å²) in [5, 5.41) is 3.00. The van der Waals surface area contributed by atoms with Gasteiger partial charge in [-0.05, 0) is 39.5 Å². The number of hydrogen-bond donors (Lipinski definition) is 1. The Labute approximate surface area is 131 Å². The van der Waals surface area contributed by atoms with Crippen molar-refractivity contribution in [1.82, 2.24) is 14.9 Å². The van der Waals surface area contributed by atoms with E-state index in [1.165, 1.54) is 0 Å². The van der Waals surface area contributed by atoms with Gasteiger partial charge in [0, 0.05) is 19.6 Å². The number of nitrogens with one attached hydrogen (secondary N) is 1. The van der Waals surface area contributed by atoms with Crippen LogP contribution in [0.2, 0.25) is 0 Å². The van der Waals surface area contributed by atoms with Gasteiger partial charge in [-0.3, -0.25) is 0 Å². The monoisotopic (exact) mass is 304 g/mol. The first-order chi connectivity index (χ1) is 10.5. The summed E-state index contributed by atoms with van der Waals surface area (Å²) in [6.45, 7) is 5.31. The minimum Gasteiger partial charge on any atom is -0.377 e. The maximum atomic E-state index is 12.6. The number of nitrogens with zero attached hydrogens (tertiary/aromatic N) is 3. The molecule has 120 valence electrons. The smallest absolute Gasteiger partial charge is 0.322 e. The summed E-state index contributed by atoms with van der Waals surface area (Å²) >= 11 is 0. The molecule has 1 unspecified atom stereocenters. The van der Waals surface area contributed by atoms with E-state index < -0.39 is 0 Å². The van der Waals surface area contributed by atoms with Crippen LogP contribution < -0.4 is 5.32 Å². The van der Waals surface area contributed by atoms with Gasteiger partial charge in [0.25, 0.3) is 0 Å². The molecule has 2 aliphatic rings. The molecule has 1 aliphatic carbocycles. The standard InChI is InChI=1S/C16H24N4O2/c1-11-17-9-13(14(18-11)12-5-6-12)19-15(21)20-8-4-7-16(2,10-20)22-3/h9,12H,4-8,10H2,1-3H3,(H,19,21). The second kappa shape index (κ2) is 5.83. The molecular weight excluding hydrogens is 280 g/mol. The fourth-order valence-electron chi connectivity index (χ4n) is 2.99. The summed E-state index contributed by atoms with van der Waals surface area (Å²) in [5.74, 6) is 1.23. The third-order valence-corrected chi connectivity index (χ3v) is 4.58. The lowest BCUT2D eigenvalue weighted by molar-refractivity contribution is -0.0389. The maximum Gasteiger partial charge on any atom is 0.322 e. The normalized spacial score (nSPS) is 25.1. The molecule has 1 aromatic rings. The SMILES string of the molecule is COC1(C)CCCN(C(=O)Nc2cnc(C)nc2C2CC2)C1. The molecule has 0 radical (unpaired) electrons. The number of carbonyl (C=O) groups is 1. The fraction of sp³-hybridized carbons (Fsp3) is 0.688. The molecule has 1 atom stereocenters. The number of amides is 2. The highest BCUT2D eigenvalue weighted by molar-refractivity contribution is 5.90. The second-order valence-corrected chi connectivity index (χ2v) is 6.60. The third-order valence-electron chi connectivity index (χ3n) is 4.58. The highest BCUT2D eigenvalue weighted by atomic mass is 16.5. The van der Waals surface area contributed by atoms with E-state index in [0.717, 1.165) is 49.4 Å². The number of urea groups is 1. The van der Waals surface area contributed by atoms with Crippen molar-refractivity contribution in [2.24, 2.45) is 0 Å². The molecule has 3 rings (SSSR count). The van der Waals surface area contributed by atoms with Crippen LogP contribution in [0.4, 0.5) is 10.5 Å². The van der Waals surface area contributed by atoms with E-state index in [4.69, 9.17) is 4.74 Å². The summed E-state index contributed by atoms with van der Waals surface area (Å²) in [6, 6.07) is -0.0858. The Kier molecular flexibility index (Phi) is 4.04. The Balaban J connectivity index is 1.72. The highest BCUT2D eigenvalue weighted by Crippen LogP contribution is 2.42. The number of piperidine rings is 1. The Morgan fingerprint density at radius 2 is 2.27 bits per heavy atom. The first-order valence-corrected chi connectivity index (χ1v) is 7.95. The second-order valence-electron chi connectivity index (χ2n) is 6.60. The van der Waals surface area contributed by atoms with Gasteiger partial charge in [-0.25, -0.2) is 14.8 Å². The molecular formula is C16H24N4O2. The predicted molar refractivity (Wildman–Crippen MR) is 84.0 cm³/mol. The zero-order valence-corrected chi connectivity index (χ0v) is 13.6. The maximum absolute atomic E-state index is 12.6. The Morgan fingerprint density at radius 1 is 1.50 bits per heavy atom. The average Bonchev–Trinajstić information content (AvgIpc) is 3.34. The van der Waals surface area contributed by atoms with E-state index in [1.54, 1.807) is 13.3 Å². The van der Waals surface area contributed by atoms with Gasteiger partial charge >= 0.3 is 6.03 Å². The summed E-state index contributed by atoms with van der Waals surface area (Å²) in [5.41, 5.74) is 1.48. The number of rotatable bonds is 3. The van der Waals surface area contributed by atoms with E-state index in [-0.39, 0.29) is 11.6 Å². The predicted octanol–water partition coefficient (Wildman–Crippen LogP) is 2.70. The van der Waals surface area contributed by atoms with Gasteiger partial charge in [-0.15, -0.1) is 0 Å². The van der Waals surface area contributed by atoms with Crippen LogP contribution >= 0.6 is 0 Å². The number of likely N-dealkylation sites (tertiary alicyclic amines) is 1. The third kappa shape index (κ3) is 3.21. The summed E-state index contributed by atoms with van der Waals surface area (Å²) in [4.78, 5) is 23.1. The van der Waals surface area contributed by atoms with Crippen LogP contribution in [0.3, 0.4) is 0 Å². The molecule has 2 heterocycles. The molecule has 6 heteroatoms. The summed E-state index contributed by atoms with van der Waals surface area (Å²) < 4.78 is 5.55. The van der Waals surface area contributed by atoms with Crippen molar-refractivity contribution in [3.63, 3.8) is 0 Å². The number of hydrogen-bond acceptors (Lipinski definition) is 4. The number of methoxy groups -OCH3 is 1. The molecule has 1 saturated heterocycles. The summed E-state index contributed by atoms with van der Waals surface area (Å²) in [6.07, 6.45) is 5.95. The topological polar surface area (TPSA) is 67.3 Å². The van der Waals surface area contributed by atoms with Crippen LogP contribution in [-0.4, -0.2) is 46.7 Å². The number of aromatic nitrogens is 2. The highest BCUT2D eigenvalue weighted by Gasteiger charge is 2.34. The molecule has 2 fully saturated rings. The molecule has 1 N–H and O–H groups in total. The lowest BCUT2D eigenvalue weighted by Crippen LogP contribution is -2.51. The Hall–Kier alpha value is -1.69. The zero-order valence-electron chi connectivity index (χ0n) is 13.6. The molecule has 0 spiro atoms. The summed E-state index contributed by atoms with van der Waals surface area (Å²) in [7, 11) is 1.71. The van der Waals surface area contributed by atoms with Gasteiger partial charge in [0.15, 0.2) is 0 Å². The molecule has 2 amide bonds. The van der Waals surface area contributed by atoms with Crippen molar-refractivity contribution >= 4 is 11.7 Å². The number of aryl methyl sites for hydroxylation is 1. The van der Waals surface area contributed by atoms with Gasteiger partial charge < -0.3 is 15.0 Å². The molecule has 6 nitrogen and oxygen atoms in total. The Morgan fingerprint density at radius 3 is 2.95 bits per heavy atom.